The molecule has 0 saturated carbocycles. The van der Waals surface area contributed by atoms with Gasteiger partial charge in [-0.1, -0.05) is 0 Å². The van der Waals surface area contributed by atoms with E-state index in [0.717, 1.165) is 0 Å². The molecule has 0 fully saturated rings. The fourth-order valence-electron chi connectivity index (χ4n) is 0.811. The van der Waals surface area contributed by atoms with E-state index < -0.39 is 5.97 Å². The summed E-state index contributed by atoms with van der Waals surface area (Å²) in [6.45, 7) is 0.770. The van der Waals surface area contributed by atoms with Gasteiger partial charge in [-0.15, -0.1) is 0 Å². The number of likely N-dealkylation sites (N-methyl/N-ethyl adjacent to an activating group) is 1. The minimum Gasteiger partial charge on any atom is -0.481 e. The Morgan fingerprint density at radius 3 is 2.46 bits per heavy atom. The fourth-order valence-corrected chi connectivity index (χ4v) is 0.811. The molecule has 0 unspecified atom stereocenters. The van der Waals surface area contributed by atoms with Crippen LogP contribution in [0.15, 0.2) is 0 Å². The smallest absolute Gasteiger partial charge is 0.303 e. The summed E-state index contributed by atoms with van der Waals surface area (Å²) >= 11 is 0. The summed E-state index contributed by atoms with van der Waals surface area (Å²) in [5.74, 6) is -0.905. The van der Waals surface area contributed by atoms with Gasteiger partial charge in [-0.25, -0.2) is 0 Å². The first-order valence-corrected chi connectivity index (χ1v) is 4.15. The molecule has 0 spiro atoms. The normalized spacial score (nSPS) is 10.1. The second-order valence-corrected chi connectivity index (χ2v) is 3.09. The molecule has 5 heteroatoms. The van der Waals surface area contributed by atoms with E-state index in [0.29, 0.717) is 19.5 Å². The number of aliphatic carboxylic acids is 1. The summed E-state index contributed by atoms with van der Waals surface area (Å²) in [5.41, 5.74) is 0. The van der Waals surface area contributed by atoms with E-state index in [9.17, 15) is 9.59 Å². The Morgan fingerprint density at radius 2 is 2.00 bits per heavy atom. The van der Waals surface area contributed by atoms with Gasteiger partial charge in [-0.2, -0.15) is 0 Å². The summed E-state index contributed by atoms with van der Waals surface area (Å²) in [6.07, 6.45) is 0.580. The maximum Gasteiger partial charge on any atom is 0.303 e. The Labute approximate surface area is 77.7 Å². The van der Waals surface area contributed by atoms with E-state index in [1.165, 1.54) is 0 Å². The van der Waals surface area contributed by atoms with Gasteiger partial charge >= 0.3 is 5.97 Å². The second kappa shape index (κ2) is 6.42. The van der Waals surface area contributed by atoms with Gasteiger partial charge in [0.1, 0.15) is 0 Å². The van der Waals surface area contributed by atoms with Gasteiger partial charge in [0.2, 0.25) is 5.91 Å². The van der Waals surface area contributed by atoms with Crippen LogP contribution in [0.2, 0.25) is 0 Å². The number of carboxylic acids is 1. The summed E-state index contributed by atoms with van der Waals surface area (Å²) in [5, 5.41) is 10.9. The van der Waals surface area contributed by atoms with Crippen molar-refractivity contribution in [1.29, 1.82) is 0 Å². The lowest BCUT2D eigenvalue weighted by Gasteiger charge is -2.09. The largest absolute Gasteiger partial charge is 0.481 e. The quantitative estimate of drug-likeness (QED) is 0.553. The van der Waals surface area contributed by atoms with Crippen molar-refractivity contribution in [1.82, 2.24) is 10.2 Å². The summed E-state index contributed by atoms with van der Waals surface area (Å²) < 4.78 is 0. The average molecular weight is 188 g/mol. The molecule has 0 saturated heterocycles. The maximum absolute atomic E-state index is 11.0. The monoisotopic (exact) mass is 188 g/mol. The van der Waals surface area contributed by atoms with Crippen molar-refractivity contribution >= 4 is 11.9 Å². The van der Waals surface area contributed by atoms with Crippen molar-refractivity contribution in [3.05, 3.63) is 0 Å². The lowest BCUT2D eigenvalue weighted by molar-refractivity contribution is -0.137. The van der Waals surface area contributed by atoms with E-state index in [1.807, 2.05) is 0 Å². The second-order valence-electron chi connectivity index (χ2n) is 3.09. The first kappa shape index (κ1) is 11.9. The Bertz CT molecular complexity index is 180. The first-order chi connectivity index (χ1) is 6.02. The van der Waals surface area contributed by atoms with Crippen LogP contribution in [0.5, 0.6) is 0 Å². The zero-order chi connectivity index (χ0) is 10.3. The van der Waals surface area contributed by atoms with Crippen LogP contribution in [-0.4, -0.2) is 49.1 Å². The first-order valence-electron chi connectivity index (χ1n) is 4.15. The molecule has 0 aliphatic heterocycles. The third-order valence-corrected chi connectivity index (χ3v) is 1.35. The summed E-state index contributed by atoms with van der Waals surface area (Å²) in [4.78, 5) is 22.9. The van der Waals surface area contributed by atoms with Crippen molar-refractivity contribution in [3.63, 3.8) is 0 Å². The van der Waals surface area contributed by atoms with Crippen molar-refractivity contribution in [2.24, 2.45) is 0 Å². The lowest BCUT2D eigenvalue weighted by Crippen LogP contribution is -2.33. The Kier molecular flexibility index (Phi) is 5.88. The van der Waals surface area contributed by atoms with E-state index in [4.69, 9.17) is 5.11 Å². The number of rotatable bonds is 6. The zero-order valence-electron chi connectivity index (χ0n) is 8.04. The third kappa shape index (κ3) is 8.81. The van der Waals surface area contributed by atoms with Crippen LogP contribution in [0.3, 0.4) is 0 Å². The van der Waals surface area contributed by atoms with Crippen LogP contribution in [0.25, 0.3) is 0 Å². The molecule has 0 aromatic heterocycles. The van der Waals surface area contributed by atoms with Gasteiger partial charge in [-0.05, 0) is 20.5 Å². The Balaban J connectivity index is 3.32. The highest BCUT2D eigenvalue weighted by atomic mass is 16.4. The predicted molar refractivity (Wildman–Crippen MR) is 48.4 cm³/mol. The van der Waals surface area contributed by atoms with Crippen molar-refractivity contribution in [3.8, 4) is 0 Å². The number of hydrogen-bond donors (Lipinski definition) is 2. The molecule has 76 valence electrons. The molecule has 0 heterocycles. The SMILES string of the molecule is CN(C)CC(=O)NCCCC(=O)O. The van der Waals surface area contributed by atoms with Gasteiger partial charge in [0.05, 0.1) is 6.54 Å². The molecule has 0 aliphatic carbocycles. The van der Waals surface area contributed by atoms with Crippen LogP contribution in [0.4, 0.5) is 0 Å². The van der Waals surface area contributed by atoms with Gasteiger partial charge in [0.15, 0.2) is 0 Å². The van der Waals surface area contributed by atoms with Crippen molar-refractivity contribution < 1.29 is 14.7 Å². The molecular formula is C8H16N2O3. The highest BCUT2D eigenvalue weighted by Crippen LogP contribution is 1.85. The van der Waals surface area contributed by atoms with Gasteiger partial charge in [0.25, 0.3) is 0 Å². The van der Waals surface area contributed by atoms with E-state index in [2.05, 4.69) is 5.32 Å². The van der Waals surface area contributed by atoms with E-state index >= 15 is 0 Å². The van der Waals surface area contributed by atoms with Crippen LogP contribution in [-0.2, 0) is 9.59 Å². The molecule has 0 radical (unpaired) electrons. The van der Waals surface area contributed by atoms with Gasteiger partial charge in [0, 0.05) is 13.0 Å². The number of nitrogens with one attached hydrogen (secondary N) is 1. The topological polar surface area (TPSA) is 69.6 Å². The Morgan fingerprint density at radius 1 is 1.38 bits per heavy atom. The predicted octanol–water partition coefficient (Wildman–Crippen LogP) is -0.471. The van der Waals surface area contributed by atoms with Crippen LogP contribution in [0.1, 0.15) is 12.8 Å². The number of hydrogen-bond acceptors (Lipinski definition) is 3. The van der Waals surface area contributed by atoms with Crippen LogP contribution < -0.4 is 5.32 Å². The number of carbonyl (C=O) groups excluding carboxylic acids is 1. The minimum atomic E-state index is -0.832. The van der Waals surface area contributed by atoms with Crippen molar-refractivity contribution in [2.75, 3.05) is 27.2 Å². The lowest BCUT2D eigenvalue weighted by atomic mass is 10.3. The summed E-state index contributed by atoms with van der Waals surface area (Å²) in [7, 11) is 3.60. The highest BCUT2D eigenvalue weighted by Gasteiger charge is 2.02. The molecule has 13 heavy (non-hydrogen) atoms. The van der Waals surface area contributed by atoms with Crippen LogP contribution in [0, 0.1) is 0 Å². The molecule has 0 bridgehead atoms. The fraction of sp³-hybridized carbons (Fsp3) is 0.750. The molecule has 5 nitrogen and oxygen atoms in total. The molecule has 1 amide bonds. The Hall–Kier alpha value is -1.10. The summed E-state index contributed by atoms with van der Waals surface area (Å²) in [6, 6.07) is 0. The average Bonchev–Trinajstić information content (AvgIpc) is 1.96. The molecule has 0 rings (SSSR count). The molecule has 0 aliphatic rings. The third-order valence-electron chi connectivity index (χ3n) is 1.35. The zero-order valence-corrected chi connectivity index (χ0v) is 8.04. The van der Waals surface area contributed by atoms with Crippen LogP contribution >= 0.6 is 0 Å². The van der Waals surface area contributed by atoms with E-state index in [-0.39, 0.29) is 12.3 Å². The maximum atomic E-state index is 11.0. The molecule has 2 N–H and O–H groups in total. The highest BCUT2D eigenvalue weighted by molar-refractivity contribution is 5.77. The molecular weight excluding hydrogens is 172 g/mol. The number of nitrogens with zero attached hydrogens (tertiary/aromatic N) is 1. The van der Waals surface area contributed by atoms with Gasteiger partial charge < -0.3 is 15.3 Å². The standard InChI is InChI=1S/C8H16N2O3/c1-10(2)6-7(11)9-5-3-4-8(12)13/h3-6H2,1-2H3,(H,9,11)(H,12,13). The number of amides is 1. The number of carboxylic acid groups (broad SMARTS) is 1. The minimum absolute atomic E-state index is 0.0737. The van der Waals surface area contributed by atoms with Crippen molar-refractivity contribution in [2.45, 2.75) is 12.8 Å². The molecule has 0 atom stereocenters. The number of carbonyl (C=O) groups is 2. The van der Waals surface area contributed by atoms with Gasteiger partial charge in [-0.3, -0.25) is 9.59 Å². The molecule has 0 aromatic rings. The van der Waals surface area contributed by atoms with E-state index in [1.54, 1.807) is 19.0 Å². The molecule has 0 aromatic carbocycles.